The average Bonchev–Trinajstić information content (AvgIpc) is 2.73. The Balaban J connectivity index is 2.31. The number of hydrogen-bond donors (Lipinski definition) is 3. The van der Waals surface area contributed by atoms with Gasteiger partial charge in [-0.15, -0.1) is 0 Å². The van der Waals surface area contributed by atoms with Gasteiger partial charge in [-0.05, 0) is 16.7 Å². The molecule has 0 radical (unpaired) electrons. The maximum atomic E-state index is 6.31. The predicted octanol–water partition coefficient (Wildman–Crippen LogP) is 2.90. The normalized spacial score (nSPS) is 12.7. The molecule has 0 saturated carbocycles. The maximum absolute atomic E-state index is 6.31. The van der Waals surface area contributed by atoms with Crippen LogP contribution in [0, 0.1) is 0 Å². The van der Waals surface area contributed by atoms with Crippen molar-refractivity contribution in [3.8, 4) is 0 Å². The third-order valence-electron chi connectivity index (χ3n) is 4.98. The van der Waals surface area contributed by atoms with Crippen LogP contribution in [0.2, 0.25) is 0 Å². The molecule has 26 heavy (non-hydrogen) atoms. The van der Waals surface area contributed by atoms with Crippen molar-refractivity contribution in [3.05, 3.63) is 108 Å². The van der Waals surface area contributed by atoms with Crippen LogP contribution in [0.5, 0.6) is 0 Å². The maximum Gasteiger partial charge on any atom is 0.0616 e. The molecule has 1 atom stereocenters. The van der Waals surface area contributed by atoms with E-state index in [0.29, 0.717) is 13.1 Å². The second-order valence-corrected chi connectivity index (χ2v) is 6.44. The van der Waals surface area contributed by atoms with Crippen LogP contribution < -0.4 is 16.8 Å². The van der Waals surface area contributed by atoms with Gasteiger partial charge in [-0.25, -0.2) is 0 Å². The highest BCUT2D eigenvalue weighted by atomic mass is 15.0. The van der Waals surface area contributed by atoms with Crippen LogP contribution in [0.15, 0.2) is 91.0 Å². The van der Waals surface area contributed by atoms with Crippen LogP contribution in [-0.4, -0.2) is 25.7 Å². The minimum Gasteiger partial charge on any atom is -0.329 e. The van der Waals surface area contributed by atoms with E-state index >= 15 is 0 Å². The molecule has 0 bridgehead atoms. The SMILES string of the molecule is NCCNC(CN)C(c1ccccc1)(c1ccccc1)c1ccccc1. The molecule has 0 heterocycles. The fourth-order valence-corrected chi connectivity index (χ4v) is 3.88. The molecule has 3 rings (SSSR count). The Bertz CT molecular complexity index is 676. The molecule has 3 aromatic carbocycles. The lowest BCUT2D eigenvalue weighted by Crippen LogP contribution is -2.55. The number of benzene rings is 3. The molecular weight excluding hydrogens is 318 g/mol. The summed E-state index contributed by atoms with van der Waals surface area (Å²) >= 11 is 0. The number of hydrogen-bond acceptors (Lipinski definition) is 3. The van der Waals surface area contributed by atoms with Gasteiger partial charge in [0.2, 0.25) is 0 Å². The van der Waals surface area contributed by atoms with E-state index in [4.69, 9.17) is 11.5 Å². The van der Waals surface area contributed by atoms with Crippen LogP contribution >= 0.6 is 0 Å². The summed E-state index contributed by atoms with van der Waals surface area (Å²) < 4.78 is 0. The van der Waals surface area contributed by atoms with Crippen LogP contribution in [0.3, 0.4) is 0 Å². The second kappa shape index (κ2) is 8.77. The van der Waals surface area contributed by atoms with Gasteiger partial charge < -0.3 is 16.8 Å². The third-order valence-corrected chi connectivity index (χ3v) is 4.98. The first kappa shape index (κ1) is 18.3. The van der Waals surface area contributed by atoms with E-state index in [1.165, 1.54) is 16.7 Å². The Morgan fingerprint density at radius 1 is 0.654 bits per heavy atom. The van der Waals surface area contributed by atoms with E-state index in [1.807, 2.05) is 0 Å². The molecule has 0 fully saturated rings. The van der Waals surface area contributed by atoms with Gasteiger partial charge >= 0.3 is 0 Å². The largest absolute Gasteiger partial charge is 0.329 e. The molecule has 0 spiro atoms. The van der Waals surface area contributed by atoms with E-state index in [-0.39, 0.29) is 6.04 Å². The molecule has 0 amide bonds. The first-order valence-electron chi connectivity index (χ1n) is 9.14. The van der Waals surface area contributed by atoms with Crippen molar-refractivity contribution >= 4 is 0 Å². The fraction of sp³-hybridized carbons (Fsp3) is 0.217. The Morgan fingerprint density at radius 3 is 1.35 bits per heavy atom. The minimum absolute atomic E-state index is 0.0123. The highest BCUT2D eigenvalue weighted by molar-refractivity contribution is 5.52. The molecule has 3 aromatic rings. The van der Waals surface area contributed by atoms with Gasteiger partial charge in [0.1, 0.15) is 0 Å². The molecule has 0 aliphatic carbocycles. The number of nitrogens with one attached hydrogen (secondary N) is 1. The first-order valence-corrected chi connectivity index (χ1v) is 9.14. The Hall–Kier alpha value is -2.46. The highest BCUT2D eigenvalue weighted by Gasteiger charge is 2.42. The van der Waals surface area contributed by atoms with Crippen molar-refractivity contribution in [2.75, 3.05) is 19.6 Å². The fourth-order valence-electron chi connectivity index (χ4n) is 3.88. The lowest BCUT2D eigenvalue weighted by Gasteiger charge is -2.43. The Morgan fingerprint density at radius 2 is 1.04 bits per heavy atom. The van der Waals surface area contributed by atoms with E-state index in [0.717, 1.165) is 6.54 Å². The van der Waals surface area contributed by atoms with E-state index in [2.05, 4.69) is 96.3 Å². The van der Waals surface area contributed by atoms with Crippen LogP contribution in [0.1, 0.15) is 16.7 Å². The standard InChI is InChI=1S/C23H27N3/c24-16-17-26-22(18-25)23(19-10-4-1-5-11-19,20-12-6-2-7-13-20)21-14-8-3-9-15-21/h1-15,22,26H,16-18,24-25H2. The zero-order chi connectivity index (χ0) is 18.2. The zero-order valence-corrected chi connectivity index (χ0v) is 15.0. The van der Waals surface area contributed by atoms with Gasteiger partial charge in [0.05, 0.1) is 5.41 Å². The average molecular weight is 345 g/mol. The highest BCUT2D eigenvalue weighted by Crippen LogP contribution is 2.41. The van der Waals surface area contributed by atoms with Crippen molar-refractivity contribution in [2.24, 2.45) is 11.5 Å². The monoisotopic (exact) mass is 345 g/mol. The van der Waals surface area contributed by atoms with Gasteiger partial charge in [0.25, 0.3) is 0 Å². The Labute approximate surface area is 156 Å². The lowest BCUT2D eigenvalue weighted by molar-refractivity contribution is 0.398. The number of nitrogens with two attached hydrogens (primary N) is 2. The molecule has 134 valence electrons. The molecular formula is C23H27N3. The summed E-state index contributed by atoms with van der Waals surface area (Å²) in [6.07, 6.45) is 0. The molecule has 0 aliphatic rings. The van der Waals surface area contributed by atoms with Gasteiger partial charge in [-0.3, -0.25) is 0 Å². The van der Waals surface area contributed by atoms with Gasteiger partial charge in [-0.1, -0.05) is 91.0 Å². The van der Waals surface area contributed by atoms with Crippen molar-refractivity contribution in [1.29, 1.82) is 0 Å². The lowest BCUT2D eigenvalue weighted by atomic mass is 9.64. The van der Waals surface area contributed by atoms with Crippen LogP contribution in [-0.2, 0) is 5.41 Å². The van der Waals surface area contributed by atoms with Crippen molar-refractivity contribution < 1.29 is 0 Å². The van der Waals surface area contributed by atoms with Crippen LogP contribution in [0.25, 0.3) is 0 Å². The summed E-state index contributed by atoms with van der Waals surface area (Å²) in [5.74, 6) is 0. The summed E-state index contributed by atoms with van der Waals surface area (Å²) in [6.45, 7) is 1.79. The molecule has 5 N–H and O–H groups in total. The zero-order valence-electron chi connectivity index (χ0n) is 15.0. The summed E-state index contributed by atoms with van der Waals surface area (Å²) in [7, 11) is 0. The summed E-state index contributed by atoms with van der Waals surface area (Å²) in [4.78, 5) is 0. The van der Waals surface area contributed by atoms with E-state index in [1.54, 1.807) is 0 Å². The summed E-state index contributed by atoms with van der Waals surface area (Å²) in [5.41, 5.74) is 15.4. The van der Waals surface area contributed by atoms with E-state index in [9.17, 15) is 0 Å². The molecule has 0 aliphatic heterocycles. The minimum atomic E-state index is -0.395. The van der Waals surface area contributed by atoms with Gasteiger partial charge in [0.15, 0.2) is 0 Å². The number of rotatable bonds is 8. The van der Waals surface area contributed by atoms with Crippen LogP contribution in [0.4, 0.5) is 0 Å². The summed E-state index contributed by atoms with van der Waals surface area (Å²) in [6, 6.07) is 31.8. The van der Waals surface area contributed by atoms with Gasteiger partial charge in [-0.2, -0.15) is 0 Å². The van der Waals surface area contributed by atoms with Crippen molar-refractivity contribution in [3.63, 3.8) is 0 Å². The van der Waals surface area contributed by atoms with Crippen molar-refractivity contribution in [1.82, 2.24) is 5.32 Å². The molecule has 0 saturated heterocycles. The molecule has 3 heteroatoms. The third kappa shape index (κ3) is 3.42. The van der Waals surface area contributed by atoms with E-state index < -0.39 is 5.41 Å². The molecule has 0 aromatic heterocycles. The molecule has 3 nitrogen and oxygen atoms in total. The smallest absolute Gasteiger partial charge is 0.0616 e. The quantitative estimate of drug-likeness (QED) is 0.550. The second-order valence-electron chi connectivity index (χ2n) is 6.44. The van der Waals surface area contributed by atoms with Gasteiger partial charge in [0, 0.05) is 25.7 Å². The first-order chi connectivity index (χ1) is 12.8. The van der Waals surface area contributed by atoms with Crippen molar-refractivity contribution in [2.45, 2.75) is 11.5 Å². The Kier molecular flexibility index (Phi) is 6.18. The predicted molar refractivity (Wildman–Crippen MR) is 109 cm³/mol. The molecule has 1 unspecified atom stereocenters. The topological polar surface area (TPSA) is 64.1 Å². The summed E-state index contributed by atoms with van der Waals surface area (Å²) in [5, 5.41) is 3.61.